The molecule has 2 nitrogen and oxygen atoms in total. The van der Waals surface area contributed by atoms with Crippen molar-refractivity contribution in [2.75, 3.05) is 0 Å². The number of halogens is 2. The van der Waals surface area contributed by atoms with Gasteiger partial charge in [0.05, 0.1) is 0 Å². The highest BCUT2D eigenvalue weighted by atomic mass is 32.2. The second kappa shape index (κ2) is 3.36. The van der Waals surface area contributed by atoms with E-state index in [1.807, 2.05) is 0 Å². The summed E-state index contributed by atoms with van der Waals surface area (Å²) in [5.41, 5.74) is 0. The molecule has 1 N–H and O–H groups in total. The lowest BCUT2D eigenvalue weighted by molar-refractivity contribution is -0.121. The third-order valence-corrected chi connectivity index (χ3v) is 4.06. The SMILES string of the molecule is CC1(SNC(=O)[C@H]2CC2C(F)F)CC1. The fraction of sp³-hybridized carbons (Fsp3) is 0.889. The van der Waals surface area contributed by atoms with Crippen molar-refractivity contribution in [3.8, 4) is 0 Å². The lowest BCUT2D eigenvalue weighted by Gasteiger charge is -2.08. The average molecular weight is 221 g/mol. The molecule has 0 saturated heterocycles. The number of hydrogen-bond acceptors (Lipinski definition) is 2. The normalized spacial score (nSPS) is 32.9. The summed E-state index contributed by atoms with van der Waals surface area (Å²) in [6, 6.07) is 0. The van der Waals surface area contributed by atoms with E-state index in [-0.39, 0.29) is 10.7 Å². The van der Waals surface area contributed by atoms with Crippen molar-refractivity contribution in [2.45, 2.75) is 37.4 Å². The Morgan fingerprint density at radius 2 is 2.21 bits per heavy atom. The molecule has 0 aromatic heterocycles. The van der Waals surface area contributed by atoms with Crippen LogP contribution in [0.4, 0.5) is 8.78 Å². The van der Waals surface area contributed by atoms with Gasteiger partial charge in [0.25, 0.3) is 0 Å². The number of alkyl halides is 2. The van der Waals surface area contributed by atoms with Crippen molar-refractivity contribution in [3.63, 3.8) is 0 Å². The largest absolute Gasteiger partial charge is 0.299 e. The van der Waals surface area contributed by atoms with Gasteiger partial charge >= 0.3 is 0 Å². The zero-order chi connectivity index (χ0) is 10.3. The zero-order valence-electron chi connectivity index (χ0n) is 7.93. The van der Waals surface area contributed by atoms with Gasteiger partial charge in [0, 0.05) is 16.6 Å². The van der Waals surface area contributed by atoms with Gasteiger partial charge < -0.3 is 0 Å². The predicted octanol–water partition coefficient (Wildman–Crippen LogP) is 2.20. The Kier molecular flexibility index (Phi) is 2.45. The van der Waals surface area contributed by atoms with Crippen LogP contribution in [0.15, 0.2) is 0 Å². The quantitative estimate of drug-likeness (QED) is 0.737. The minimum atomic E-state index is -2.34. The van der Waals surface area contributed by atoms with Gasteiger partial charge in [-0.3, -0.25) is 9.52 Å². The maximum atomic E-state index is 12.1. The highest BCUT2D eigenvalue weighted by molar-refractivity contribution is 7.99. The number of carbonyl (C=O) groups excluding carboxylic acids is 1. The first kappa shape index (κ1) is 10.2. The molecule has 0 aromatic carbocycles. The van der Waals surface area contributed by atoms with Gasteiger partial charge in [0.1, 0.15) is 0 Å². The van der Waals surface area contributed by atoms with E-state index in [4.69, 9.17) is 0 Å². The van der Waals surface area contributed by atoms with Crippen molar-refractivity contribution in [3.05, 3.63) is 0 Å². The monoisotopic (exact) mass is 221 g/mol. The number of nitrogens with one attached hydrogen (secondary N) is 1. The average Bonchev–Trinajstić information content (AvgIpc) is 2.95. The molecule has 0 aliphatic heterocycles. The van der Waals surface area contributed by atoms with Crippen molar-refractivity contribution < 1.29 is 13.6 Å². The molecule has 0 radical (unpaired) electrons. The molecule has 1 unspecified atom stereocenters. The van der Waals surface area contributed by atoms with Crippen molar-refractivity contribution >= 4 is 17.9 Å². The van der Waals surface area contributed by atoms with Gasteiger partial charge in [-0.15, -0.1) is 0 Å². The molecule has 2 rings (SSSR count). The highest BCUT2D eigenvalue weighted by Gasteiger charge is 2.49. The summed E-state index contributed by atoms with van der Waals surface area (Å²) in [6.07, 6.45) is 0.204. The number of rotatable bonds is 4. The Bertz CT molecular complexity index is 255. The van der Waals surface area contributed by atoms with Crippen LogP contribution in [-0.2, 0) is 4.79 Å². The third-order valence-electron chi connectivity index (χ3n) is 2.85. The van der Waals surface area contributed by atoms with Crippen LogP contribution >= 0.6 is 11.9 Å². The Morgan fingerprint density at radius 3 is 2.64 bits per heavy atom. The van der Waals surface area contributed by atoms with E-state index in [1.54, 1.807) is 0 Å². The Labute approximate surface area is 85.9 Å². The molecule has 0 heterocycles. The van der Waals surface area contributed by atoms with E-state index < -0.39 is 18.3 Å². The zero-order valence-corrected chi connectivity index (χ0v) is 8.74. The predicted molar refractivity (Wildman–Crippen MR) is 51.0 cm³/mol. The van der Waals surface area contributed by atoms with E-state index in [0.29, 0.717) is 6.42 Å². The summed E-state index contributed by atoms with van der Waals surface area (Å²) >= 11 is 1.39. The molecule has 2 atom stereocenters. The standard InChI is InChI=1S/C9H13F2NOS/c1-9(2-3-9)14-12-8(13)6-4-5(6)7(10)11/h5-7H,2-4H2,1H3,(H,12,13)/t5?,6-/m0/s1. The van der Waals surface area contributed by atoms with Gasteiger partial charge in [-0.05, 0) is 38.1 Å². The summed E-state index contributed by atoms with van der Waals surface area (Å²) in [7, 11) is 0. The molecule has 0 spiro atoms. The molecule has 0 bridgehead atoms. The molecular formula is C9H13F2NOS. The molecule has 1 amide bonds. The molecule has 2 aliphatic carbocycles. The van der Waals surface area contributed by atoms with Crippen LogP contribution in [0, 0.1) is 11.8 Å². The first-order chi connectivity index (χ1) is 6.52. The van der Waals surface area contributed by atoms with Gasteiger partial charge in [-0.25, -0.2) is 8.78 Å². The second-order valence-corrected chi connectivity index (χ2v) is 5.75. The summed E-state index contributed by atoms with van der Waals surface area (Å²) in [4.78, 5) is 11.3. The van der Waals surface area contributed by atoms with Crippen LogP contribution in [0.25, 0.3) is 0 Å². The van der Waals surface area contributed by atoms with Crippen LogP contribution in [-0.4, -0.2) is 17.1 Å². The number of hydrogen-bond donors (Lipinski definition) is 1. The van der Waals surface area contributed by atoms with Crippen molar-refractivity contribution in [1.29, 1.82) is 0 Å². The Morgan fingerprint density at radius 1 is 1.57 bits per heavy atom. The smallest absolute Gasteiger partial charge is 0.242 e. The van der Waals surface area contributed by atoms with Crippen LogP contribution in [0.3, 0.4) is 0 Å². The Balaban J connectivity index is 1.70. The maximum Gasteiger partial charge on any atom is 0.242 e. The molecule has 0 aromatic rings. The molecule has 80 valence electrons. The van der Waals surface area contributed by atoms with Gasteiger partial charge in [0.2, 0.25) is 12.3 Å². The fourth-order valence-electron chi connectivity index (χ4n) is 1.32. The molecule has 2 fully saturated rings. The van der Waals surface area contributed by atoms with Crippen molar-refractivity contribution in [2.24, 2.45) is 11.8 Å². The number of carbonyl (C=O) groups is 1. The molecular weight excluding hydrogens is 208 g/mol. The van der Waals surface area contributed by atoms with Crippen LogP contribution in [0.2, 0.25) is 0 Å². The van der Waals surface area contributed by atoms with Gasteiger partial charge in [-0.1, -0.05) is 0 Å². The van der Waals surface area contributed by atoms with Crippen molar-refractivity contribution in [1.82, 2.24) is 4.72 Å². The summed E-state index contributed by atoms with van der Waals surface area (Å²) < 4.78 is 27.1. The first-order valence-corrected chi connectivity index (χ1v) is 5.59. The summed E-state index contributed by atoms with van der Waals surface area (Å²) in [6.45, 7) is 2.06. The molecule has 2 saturated carbocycles. The highest BCUT2D eigenvalue weighted by Crippen LogP contribution is 2.48. The fourth-order valence-corrected chi connectivity index (χ4v) is 2.13. The van der Waals surface area contributed by atoms with Gasteiger partial charge in [0.15, 0.2) is 0 Å². The number of amides is 1. The van der Waals surface area contributed by atoms with E-state index >= 15 is 0 Å². The van der Waals surface area contributed by atoms with E-state index in [0.717, 1.165) is 12.8 Å². The van der Waals surface area contributed by atoms with E-state index in [1.165, 1.54) is 11.9 Å². The third kappa shape index (κ3) is 2.19. The second-order valence-electron chi connectivity index (χ2n) is 4.36. The lowest BCUT2D eigenvalue weighted by atomic mass is 10.3. The Hall–Kier alpha value is -0.320. The van der Waals surface area contributed by atoms with Gasteiger partial charge in [-0.2, -0.15) is 0 Å². The summed E-state index contributed by atoms with van der Waals surface area (Å²) in [5.74, 6) is -1.35. The molecule has 5 heteroatoms. The topological polar surface area (TPSA) is 29.1 Å². The van der Waals surface area contributed by atoms with Crippen LogP contribution < -0.4 is 4.72 Å². The van der Waals surface area contributed by atoms with E-state index in [2.05, 4.69) is 11.6 Å². The van der Waals surface area contributed by atoms with Crippen LogP contribution in [0.1, 0.15) is 26.2 Å². The molecule has 2 aliphatic rings. The summed E-state index contributed by atoms with van der Waals surface area (Å²) in [5, 5.41) is 0. The maximum absolute atomic E-state index is 12.1. The van der Waals surface area contributed by atoms with Crippen LogP contribution in [0.5, 0.6) is 0 Å². The van der Waals surface area contributed by atoms with E-state index in [9.17, 15) is 13.6 Å². The minimum Gasteiger partial charge on any atom is -0.299 e. The minimum absolute atomic E-state index is 0.172. The lowest BCUT2D eigenvalue weighted by Crippen LogP contribution is -2.22. The first-order valence-electron chi connectivity index (χ1n) is 4.78. The molecule has 14 heavy (non-hydrogen) atoms.